The zero-order chi connectivity index (χ0) is 21.0. The first kappa shape index (κ1) is 22.3. The minimum absolute atomic E-state index is 0.0695. The number of hydrogen-bond donors (Lipinski definition) is 1. The summed E-state index contributed by atoms with van der Waals surface area (Å²) in [5.41, 5.74) is 3.62. The Kier molecular flexibility index (Phi) is 7.53. The summed E-state index contributed by atoms with van der Waals surface area (Å²) < 4.78 is 16.2. The minimum Gasteiger partial charge on any atom is -0.493 e. The number of hydrogen-bond acceptors (Lipinski definition) is 5. The van der Waals surface area contributed by atoms with E-state index < -0.39 is 12.1 Å². The Bertz CT molecular complexity index is 733. The Hall–Kier alpha value is -2.01. The van der Waals surface area contributed by atoms with Crippen LogP contribution in [0.4, 0.5) is 0 Å². The fraction of sp³-hybridized carbons (Fsp3) is 0.609. The highest BCUT2D eigenvalue weighted by molar-refractivity contribution is 5.94. The average Bonchev–Trinajstić information content (AvgIpc) is 2.65. The fourth-order valence-corrected chi connectivity index (χ4v) is 4.46. The van der Waals surface area contributed by atoms with Gasteiger partial charge >= 0.3 is 5.97 Å². The summed E-state index contributed by atoms with van der Waals surface area (Å²) >= 11 is 0. The number of rotatable bonds is 7. The number of aliphatic hydroxyl groups excluding tert-OH is 1. The van der Waals surface area contributed by atoms with Gasteiger partial charge in [0.05, 0.1) is 27.4 Å². The van der Waals surface area contributed by atoms with Crippen LogP contribution in [0.1, 0.15) is 80.3 Å². The van der Waals surface area contributed by atoms with Crippen molar-refractivity contribution in [3.05, 3.63) is 34.4 Å². The van der Waals surface area contributed by atoms with Crippen LogP contribution < -0.4 is 9.47 Å². The highest BCUT2D eigenvalue weighted by Gasteiger charge is 2.39. The number of ether oxygens (including phenoxy) is 3. The largest absolute Gasteiger partial charge is 0.493 e. The van der Waals surface area contributed by atoms with E-state index in [0.29, 0.717) is 23.5 Å². The van der Waals surface area contributed by atoms with E-state index in [2.05, 4.69) is 33.8 Å². The molecule has 0 heterocycles. The molecule has 28 heavy (non-hydrogen) atoms. The number of fused-ring (bicyclic) bond motifs is 1. The first-order chi connectivity index (χ1) is 13.3. The first-order valence-corrected chi connectivity index (χ1v) is 9.95. The normalized spacial score (nSPS) is 22.1. The summed E-state index contributed by atoms with van der Waals surface area (Å²) in [6.45, 7) is 8.43. The molecule has 0 fully saturated rings. The third kappa shape index (κ3) is 4.35. The molecule has 0 saturated heterocycles. The van der Waals surface area contributed by atoms with Gasteiger partial charge in [0, 0.05) is 11.5 Å². The van der Waals surface area contributed by atoms with Crippen LogP contribution in [0.15, 0.2) is 17.7 Å². The Morgan fingerprint density at radius 3 is 2.43 bits per heavy atom. The molecule has 0 aromatic heterocycles. The van der Waals surface area contributed by atoms with Crippen molar-refractivity contribution in [1.82, 2.24) is 0 Å². The second-order valence-corrected chi connectivity index (χ2v) is 8.05. The van der Waals surface area contributed by atoms with Gasteiger partial charge < -0.3 is 19.3 Å². The maximum Gasteiger partial charge on any atom is 0.341 e. The van der Waals surface area contributed by atoms with E-state index in [9.17, 15) is 9.90 Å². The number of allylic oxidation sites excluding steroid dienone is 2. The van der Waals surface area contributed by atoms with Crippen molar-refractivity contribution in [2.24, 2.45) is 5.92 Å². The summed E-state index contributed by atoms with van der Waals surface area (Å²) in [6.07, 6.45) is 4.34. The van der Waals surface area contributed by atoms with Gasteiger partial charge in [-0.2, -0.15) is 0 Å². The molecule has 4 atom stereocenters. The summed E-state index contributed by atoms with van der Waals surface area (Å²) in [5.74, 6) is 0.775. The molecule has 1 aromatic rings. The number of carbonyl (C=O) groups excluding carboxylic acids is 1. The van der Waals surface area contributed by atoms with E-state index in [4.69, 9.17) is 14.2 Å². The predicted molar refractivity (Wildman–Crippen MR) is 110 cm³/mol. The quantitative estimate of drug-likeness (QED) is 0.534. The molecule has 0 aliphatic heterocycles. The van der Waals surface area contributed by atoms with Crippen LogP contribution in [0.3, 0.4) is 0 Å². The zero-order valence-corrected chi connectivity index (χ0v) is 18.2. The van der Waals surface area contributed by atoms with Gasteiger partial charge in [-0.15, -0.1) is 0 Å². The molecule has 0 bridgehead atoms. The van der Waals surface area contributed by atoms with Gasteiger partial charge in [0.25, 0.3) is 0 Å². The molecule has 2 rings (SSSR count). The SMILES string of the molecule is COC(=O)c1cc2c(c(OC)c1OC)[C@H](C)C[C@@H](O)[C@H]2[C@@H](C)CCC=C(C)C. The number of benzene rings is 1. The number of aliphatic hydroxyl groups is 1. The van der Waals surface area contributed by atoms with E-state index in [-0.39, 0.29) is 17.8 Å². The lowest BCUT2D eigenvalue weighted by Gasteiger charge is -2.39. The van der Waals surface area contributed by atoms with Gasteiger partial charge in [-0.25, -0.2) is 4.79 Å². The fourth-order valence-electron chi connectivity index (χ4n) is 4.46. The van der Waals surface area contributed by atoms with Crippen molar-refractivity contribution >= 4 is 5.97 Å². The van der Waals surface area contributed by atoms with E-state index in [1.165, 1.54) is 19.8 Å². The van der Waals surface area contributed by atoms with Gasteiger partial charge in [0.2, 0.25) is 0 Å². The highest BCUT2D eigenvalue weighted by atomic mass is 16.5. The van der Waals surface area contributed by atoms with E-state index in [1.807, 2.05) is 6.07 Å². The molecular weight excluding hydrogens is 356 g/mol. The third-order valence-electron chi connectivity index (χ3n) is 5.77. The van der Waals surface area contributed by atoms with Crippen LogP contribution in [0, 0.1) is 5.92 Å². The van der Waals surface area contributed by atoms with Crippen molar-refractivity contribution in [3.63, 3.8) is 0 Å². The van der Waals surface area contributed by atoms with E-state index >= 15 is 0 Å². The summed E-state index contributed by atoms with van der Waals surface area (Å²) in [4.78, 5) is 12.4. The Morgan fingerprint density at radius 2 is 1.89 bits per heavy atom. The van der Waals surface area contributed by atoms with Crippen LogP contribution in [-0.2, 0) is 4.74 Å². The van der Waals surface area contributed by atoms with Crippen molar-refractivity contribution in [2.45, 2.75) is 64.9 Å². The lowest BCUT2D eigenvalue weighted by molar-refractivity contribution is 0.0593. The van der Waals surface area contributed by atoms with Crippen LogP contribution >= 0.6 is 0 Å². The van der Waals surface area contributed by atoms with Gasteiger partial charge in [-0.05, 0) is 56.6 Å². The zero-order valence-electron chi connectivity index (χ0n) is 18.2. The van der Waals surface area contributed by atoms with Crippen molar-refractivity contribution in [1.29, 1.82) is 0 Å². The molecule has 0 amide bonds. The molecule has 0 saturated carbocycles. The second-order valence-electron chi connectivity index (χ2n) is 8.05. The number of carbonyl (C=O) groups is 1. The van der Waals surface area contributed by atoms with Crippen LogP contribution in [0.5, 0.6) is 11.5 Å². The second kappa shape index (κ2) is 9.46. The summed E-state index contributed by atoms with van der Waals surface area (Å²) in [6, 6.07) is 1.84. The van der Waals surface area contributed by atoms with Crippen LogP contribution in [-0.4, -0.2) is 38.5 Å². The lowest BCUT2D eigenvalue weighted by atomic mass is 9.69. The molecule has 0 radical (unpaired) electrons. The molecular formula is C23H34O5. The number of methoxy groups -OCH3 is 3. The molecule has 5 nitrogen and oxygen atoms in total. The van der Waals surface area contributed by atoms with Crippen molar-refractivity contribution in [3.8, 4) is 11.5 Å². The Labute approximate surface area is 168 Å². The average molecular weight is 391 g/mol. The smallest absolute Gasteiger partial charge is 0.341 e. The molecule has 5 heteroatoms. The topological polar surface area (TPSA) is 65.0 Å². The van der Waals surface area contributed by atoms with E-state index in [0.717, 1.165) is 24.0 Å². The number of esters is 1. The molecule has 1 aromatic carbocycles. The van der Waals surface area contributed by atoms with Gasteiger partial charge in [0.15, 0.2) is 11.5 Å². The first-order valence-electron chi connectivity index (χ1n) is 9.95. The van der Waals surface area contributed by atoms with Crippen molar-refractivity contribution in [2.75, 3.05) is 21.3 Å². The monoisotopic (exact) mass is 390 g/mol. The Morgan fingerprint density at radius 1 is 1.25 bits per heavy atom. The Balaban J connectivity index is 2.60. The molecule has 1 N–H and O–H groups in total. The van der Waals surface area contributed by atoms with Gasteiger partial charge in [0.1, 0.15) is 5.56 Å². The molecule has 0 spiro atoms. The van der Waals surface area contributed by atoms with Crippen molar-refractivity contribution < 1.29 is 24.1 Å². The maximum absolute atomic E-state index is 12.4. The summed E-state index contributed by atoms with van der Waals surface area (Å²) in [7, 11) is 4.47. The molecule has 1 aliphatic carbocycles. The molecule has 156 valence electrons. The predicted octanol–water partition coefficient (Wildman–Crippen LogP) is 4.82. The van der Waals surface area contributed by atoms with Gasteiger partial charge in [-0.3, -0.25) is 0 Å². The molecule has 1 aliphatic rings. The minimum atomic E-state index is -0.471. The van der Waals surface area contributed by atoms with Crippen LogP contribution in [0.25, 0.3) is 0 Å². The van der Waals surface area contributed by atoms with Crippen LogP contribution in [0.2, 0.25) is 0 Å². The summed E-state index contributed by atoms with van der Waals surface area (Å²) in [5, 5.41) is 10.9. The lowest BCUT2D eigenvalue weighted by Crippen LogP contribution is -2.32. The van der Waals surface area contributed by atoms with Gasteiger partial charge in [-0.1, -0.05) is 25.5 Å². The van der Waals surface area contributed by atoms with E-state index in [1.54, 1.807) is 7.11 Å². The standard InChI is InChI=1S/C23H34O5/c1-13(2)9-8-10-14(3)19-16-12-17(23(25)28-7)21(26-5)22(27-6)20(16)15(4)11-18(19)24/h9,12,14-15,18-19,24H,8,10-11H2,1-7H3/t14-,15+,18+,19-/m0/s1. The third-order valence-corrected chi connectivity index (χ3v) is 5.77. The molecule has 0 unspecified atom stereocenters. The maximum atomic E-state index is 12.4. The highest BCUT2D eigenvalue weighted by Crippen LogP contribution is 2.51.